The fraction of sp³-hybridized carbons (Fsp3) is 0.615. The number of aromatic nitrogens is 2. The molecule has 19 heavy (non-hydrogen) atoms. The molecular weight excluding hydrogens is 240 g/mol. The van der Waals surface area contributed by atoms with Gasteiger partial charge in [-0.3, -0.25) is 15.4 Å². The molecule has 6 nitrogen and oxygen atoms in total. The molecule has 104 valence electrons. The summed E-state index contributed by atoms with van der Waals surface area (Å²) < 4.78 is 1.49. The highest BCUT2D eigenvalue weighted by Crippen LogP contribution is 2.31. The lowest BCUT2D eigenvalue weighted by molar-refractivity contribution is 0.129. The van der Waals surface area contributed by atoms with Gasteiger partial charge in [0.1, 0.15) is 0 Å². The summed E-state index contributed by atoms with van der Waals surface area (Å²) in [5, 5.41) is 16.3. The van der Waals surface area contributed by atoms with Gasteiger partial charge in [-0.1, -0.05) is 13.8 Å². The Balaban J connectivity index is 2.33. The molecule has 2 heterocycles. The first-order chi connectivity index (χ1) is 8.82. The molecule has 1 aliphatic heterocycles. The van der Waals surface area contributed by atoms with Gasteiger partial charge in [0.25, 0.3) is 0 Å². The summed E-state index contributed by atoms with van der Waals surface area (Å²) in [7, 11) is 0. The molecule has 0 radical (unpaired) electrons. The van der Waals surface area contributed by atoms with E-state index in [0.717, 1.165) is 19.4 Å². The van der Waals surface area contributed by atoms with Crippen molar-refractivity contribution in [1.82, 2.24) is 14.5 Å². The van der Waals surface area contributed by atoms with Crippen LogP contribution >= 0.6 is 0 Å². The van der Waals surface area contributed by atoms with Crippen molar-refractivity contribution in [2.24, 2.45) is 5.41 Å². The molecule has 6 heteroatoms. The van der Waals surface area contributed by atoms with Crippen LogP contribution in [0, 0.1) is 16.2 Å². The Hall–Kier alpha value is -1.85. The molecule has 0 aliphatic carbocycles. The van der Waals surface area contributed by atoms with Gasteiger partial charge >= 0.3 is 0 Å². The molecule has 0 amide bonds. The number of nitrogens with zero attached hydrogens (tertiary/aromatic N) is 3. The second-order valence-corrected chi connectivity index (χ2v) is 6.03. The smallest absolute Gasteiger partial charge is 0.204 e. The van der Waals surface area contributed by atoms with Gasteiger partial charge in [-0.25, -0.2) is 4.98 Å². The van der Waals surface area contributed by atoms with E-state index in [1.807, 2.05) is 4.90 Å². The van der Waals surface area contributed by atoms with E-state index in [2.05, 4.69) is 25.8 Å². The normalized spacial score (nSPS) is 22.3. The molecule has 2 rings (SSSR count). The zero-order valence-electron chi connectivity index (χ0n) is 11.8. The van der Waals surface area contributed by atoms with Gasteiger partial charge in [-0.05, 0) is 25.2 Å². The van der Waals surface area contributed by atoms with Crippen molar-refractivity contribution >= 4 is 11.8 Å². The zero-order valence-corrected chi connectivity index (χ0v) is 11.8. The SMILES string of the molecule is CC1CCC(C)(C)CN1C(=N)n1ccnc(N)c1=N. The average Bonchev–Trinajstić information content (AvgIpc) is 2.35. The lowest BCUT2D eigenvalue weighted by atomic mass is 9.82. The molecule has 1 saturated heterocycles. The summed E-state index contributed by atoms with van der Waals surface area (Å²) in [6.45, 7) is 7.37. The van der Waals surface area contributed by atoms with Crippen molar-refractivity contribution in [3.63, 3.8) is 0 Å². The van der Waals surface area contributed by atoms with Crippen LogP contribution in [0.15, 0.2) is 12.4 Å². The third-order valence-electron chi connectivity index (χ3n) is 3.78. The highest BCUT2D eigenvalue weighted by Gasteiger charge is 2.32. The van der Waals surface area contributed by atoms with Gasteiger partial charge in [-0.15, -0.1) is 0 Å². The summed E-state index contributed by atoms with van der Waals surface area (Å²) in [6, 6.07) is 0.307. The van der Waals surface area contributed by atoms with E-state index >= 15 is 0 Å². The van der Waals surface area contributed by atoms with E-state index in [1.54, 1.807) is 6.20 Å². The van der Waals surface area contributed by atoms with Gasteiger partial charge in [0.15, 0.2) is 11.3 Å². The van der Waals surface area contributed by atoms with Gasteiger partial charge in [0, 0.05) is 25.0 Å². The molecule has 0 saturated carbocycles. The van der Waals surface area contributed by atoms with Crippen LogP contribution in [-0.2, 0) is 0 Å². The van der Waals surface area contributed by atoms with Crippen LogP contribution in [0.1, 0.15) is 33.6 Å². The molecular formula is C13H22N6. The Kier molecular flexibility index (Phi) is 3.34. The van der Waals surface area contributed by atoms with Crippen molar-refractivity contribution in [2.75, 3.05) is 12.3 Å². The molecule has 1 fully saturated rings. The van der Waals surface area contributed by atoms with Crippen LogP contribution in [0.4, 0.5) is 5.82 Å². The predicted octanol–water partition coefficient (Wildman–Crippen LogP) is 1.24. The standard InChI is InChI=1S/C13H22N6/c1-9-4-5-13(2,3)8-19(9)12(16)18-7-6-17-10(14)11(18)15/h6-7,9,15-16H,4-5,8H2,1-3H3,(H2,14,17). The molecule has 0 spiro atoms. The highest BCUT2D eigenvalue weighted by atomic mass is 15.3. The topological polar surface area (TPSA) is 94.8 Å². The fourth-order valence-electron chi connectivity index (χ4n) is 2.49. The second kappa shape index (κ2) is 4.68. The second-order valence-electron chi connectivity index (χ2n) is 6.03. The van der Waals surface area contributed by atoms with E-state index < -0.39 is 0 Å². The Labute approximate surface area is 113 Å². The number of nitrogen functional groups attached to an aromatic ring is 1. The maximum atomic E-state index is 8.35. The number of rotatable bonds is 0. The first-order valence-corrected chi connectivity index (χ1v) is 6.55. The summed E-state index contributed by atoms with van der Waals surface area (Å²) in [6.07, 6.45) is 5.37. The largest absolute Gasteiger partial charge is 0.381 e. The van der Waals surface area contributed by atoms with Gasteiger partial charge < -0.3 is 10.6 Å². The van der Waals surface area contributed by atoms with Gasteiger partial charge in [0.05, 0.1) is 0 Å². The number of hydrogen-bond acceptors (Lipinski definition) is 4. The Morgan fingerprint density at radius 3 is 2.89 bits per heavy atom. The number of piperidine rings is 1. The lowest BCUT2D eigenvalue weighted by Crippen LogP contribution is -2.52. The first kappa shape index (κ1) is 13.6. The van der Waals surface area contributed by atoms with Crippen LogP contribution in [0.3, 0.4) is 0 Å². The average molecular weight is 262 g/mol. The zero-order chi connectivity index (χ0) is 14.2. The van der Waals surface area contributed by atoms with Gasteiger partial charge in [-0.2, -0.15) is 0 Å². The number of nitrogens with one attached hydrogen (secondary N) is 2. The number of nitrogens with two attached hydrogens (primary N) is 1. The fourth-order valence-corrected chi connectivity index (χ4v) is 2.49. The van der Waals surface area contributed by atoms with Gasteiger partial charge in [0.2, 0.25) is 5.96 Å². The van der Waals surface area contributed by atoms with Crippen LogP contribution in [0.5, 0.6) is 0 Å². The molecule has 0 aromatic carbocycles. The lowest BCUT2D eigenvalue weighted by Gasteiger charge is -2.43. The minimum atomic E-state index is 0.0723. The van der Waals surface area contributed by atoms with Crippen molar-refractivity contribution in [1.29, 1.82) is 10.8 Å². The predicted molar refractivity (Wildman–Crippen MR) is 74.8 cm³/mol. The molecule has 4 N–H and O–H groups in total. The molecule has 1 aromatic heterocycles. The quantitative estimate of drug-likeness (QED) is 0.485. The van der Waals surface area contributed by atoms with E-state index in [1.165, 1.54) is 10.8 Å². The third-order valence-corrected chi connectivity index (χ3v) is 3.78. The van der Waals surface area contributed by atoms with E-state index in [9.17, 15) is 0 Å². The maximum Gasteiger partial charge on any atom is 0.204 e. The summed E-state index contributed by atoms with van der Waals surface area (Å²) in [5.41, 5.74) is 5.91. The van der Waals surface area contributed by atoms with Crippen molar-refractivity contribution in [3.05, 3.63) is 17.9 Å². The summed E-state index contributed by atoms with van der Waals surface area (Å²) in [4.78, 5) is 5.91. The van der Waals surface area contributed by atoms with Crippen molar-refractivity contribution < 1.29 is 0 Å². The van der Waals surface area contributed by atoms with Crippen molar-refractivity contribution in [2.45, 2.75) is 39.7 Å². The summed E-state index contributed by atoms with van der Waals surface area (Å²) >= 11 is 0. The maximum absolute atomic E-state index is 8.35. The molecule has 1 atom stereocenters. The monoisotopic (exact) mass is 262 g/mol. The Morgan fingerprint density at radius 2 is 2.21 bits per heavy atom. The highest BCUT2D eigenvalue weighted by molar-refractivity contribution is 5.79. The number of anilines is 1. The number of likely N-dealkylation sites (tertiary alicyclic amines) is 1. The molecule has 1 aliphatic rings. The molecule has 1 unspecified atom stereocenters. The van der Waals surface area contributed by atoms with E-state index in [-0.39, 0.29) is 16.7 Å². The Bertz CT molecular complexity index is 544. The van der Waals surface area contributed by atoms with Crippen LogP contribution in [0.2, 0.25) is 0 Å². The van der Waals surface area contributed by atoms with Crippen LogP contribution < -0.4 is 11.2 Å². The first-order valence-electron chi connectivity index (χ1n) is 6.55. The minimum Gasteiger partial charge on any atom is -0.381 e. The minimum absolute atomic E-state index is 0.0723. The van der Waals surface area contributed by atoms with Crippen LogP contribution in [-0.4, -0.2) is 33.0 Å². The third kappa shape index (κ3) is 2.62. The van der Waals surface area contributed by atoms with Crippen LogP contribution in [0.25, 0.3) is 0 Å². The number of hydrogen-bond donors (Lipinski definition) is 3. The molecule has 0 bridgehead atoms. The summed E-state index contributed by atoms with van der Waals surface area (Å²) in [5.74, 6) is 0.454. The van der Waals surface area contributed by atoms with E-state index in [0.29, 0.717) is 12.0 Å². The van der Waals surface area contributed by atoms with Crippen molar-refractivity contribution in [3.8, 4) is 0 Å². The molecule has 1 aromatic rings. The Morgan fingerprint density at radius 1 is 1.53 bits per heavy atom. The van der Waals surface area contributed by atoms with E-state index in [4.69, 9.17) is 16.6 Å².